The highest BCUT2D eigenvalue weighted by Crippen LogP contribution is 2.49. The molecule has 0 aliphatic heterocycles. The monoisotopic (exact) mass is 756 g/mol. The van der Waals surface area contributed by atoms with Gasteiger partial charge in [0.05, 0.1) is 11.0 Å². The van der Waals surface area contributed by atoms with E-state index in [1.807, 2.05) is 12.1 Å². The molecular formula is C54H36N4O. The number of para-hydroxylation sites is 2. The Morgan fingerprint density at radius 3 is 1.80 bits per heavy atom. The van der Waals surface area contributed by atoms with Gasteiger partial charge in [0.25, 0.3) is 0 Å². The molecule has 0 amide bonds. The highest BCUT2D eigenvalue weighted by Gasteiger charge is 2.35. The molecule has 0 fully saturated rings. The second kappa shape index (κ2) is 12.7. The van der Waals surface area contributed by atoms with E-state index in [0.717, 1.165) is 66.5 Å². The van der Waals surface area contributed by atoms with Crippen molar-refractivity contribution in [3.05, 3.63) is 193 Å². The fourth-order valence-corrected chi connectivity index (χ4v) is 9.41. The van der Waals surface area contributed by atoms with Crippen molar-refractivity contribution in [1.29, 1.82) is 0 Å². The van der Waals surface area contributed by atoms with E-state index >= 15 is 0 Å². The minimum atomic E-state index is -0.102. The van der Waals surface area contributed by atoms with Crippen LogP contribution >= 0.6 is 0 Å². The first-order valence-electron chi connectivity index (χ1n) is 20.1. The zero-order chi connectivity index (χ0) is 39.2. The van der Waals surface area contributed by atoms with Crippen LogP contribution in [0.15, 0.2) is 186 Å². The second-order valence-corrected chi connectivity index (χ2v) is 16.0. The van der Waals surface area contributed by atoms with Crippen LogP contribution in [-0.2, 0) is 5.41 Å². The van der Waals surface area contributed by atoms with Gasteiger partial charge in [-0.3, -0.25) is 0 Å². The molecule has 5 nitrogen and oxygen atoms in total. The summed E-state index contributed by atoms with van der Waals surface area (Å²) in [6.45, 7) is 4.61. The molecule has 0 N–H and O–H groups in total. The van der Waals surface area contributed by atoms with Gasteiger partial charge in [0.15, 0.2) is 17.5 Å². The van der Waals surface area contributed by atoms with Crippen molar-refractivity contribution in [2.24, 2.45) is 0 Å². The van der Waals surface area contributed by atoms with Gasteiger partial charge in [0, 0.05) is 49.3 Å². The highest BCUT2D eigenvalue weighted by atomic mass is 16.3. The summed E-state index contributed by atoms with van der Waals surface area (Å²) in [4.78, 5) is 15.8. The summed E-state index contributed by atoms with van der Waals surface area (Å²) in [6, 6.07) is 64.2. The van der Waals surface area contributed by atoms with Crippen molar-refractivity contribution in [3.63, 3.8) is 0 Å². The lowest BCUT2D eigenvalue weighted by Gasteiger charge is -2.21. The molecule has 0 saturated carbocycles. The number of rotatable bonds is 5. The Morgan fingerprint density at radius 1 is 0.407 bits per heavy atom. The van der Waals surface area contributed by atoms with Crippen molar-refractivity contribution in [2.75, 3.05) is 0 Å². The summed E-state index contributed by atoms with van der Waals surface area (Å²) in [6.07, 6.45) is 0. The number of aromatic nitrogens is 4. The lowest BCUT2D eigenvalue weighted by molar-refractivity contribution is 0.660. The molecule has 5 heteroatoms. The van der Waals surface area contributed by atoms with E-state index in [-0.39, 0.29) is 5.41 Å². The van der Waals surface area contributed by atoms with Crippen LogP contribution < -0.4 is 0 Å². The third-order valence-electron chi connectivity index (χ3n) is 12.3. The maximum absolute atomic E-state index is 6.57. The minimum Gasteiger partial charge on any atom is -0.456 e. The van der Waals surface area contributed by atoms with Crippen LogP contribution in [-0.4, -0.2) is 19.5 Å². The van der Waals surface area contributed by atoms with Crippen molar-refractivity contribution in [2.45, 2.75) is 19.3 Å². The van der Waals surface area contributed by atoms with Gasteiger partial charge in [-0.1, -0.05) is 147 Å². The Balaban J connectivity index is 1.07. The van der Waals surface area contributed by atoms with Gasteiger partial charge in [-0.2, -0.15) is 0 Å². The van der Waals surface area contributed by atoms with Gasteiger partial charge in [-0.25, -0.2) is 15.0 Å². The number of hydrogen-bond acceptors (Lipinski definition) is 4. The fourth-order valence-electron chi connectivity index (χ4n) is 9.41. The molecule has 12 rings (SSSR count). The number of furan rings is 1. The summed E-state index contributed by atoms with van der Waals surface area (Å²) in [7, 11) is 0. The van der Waals surface area contributed by atoms with Crippen LogP contribution in [0.25, 0.3) is 106 Å². The maximum Gasteiger partial charge on any atom is 0.164 e. The Kier molecular flexibility index (Phi) is 7.20. The van der Waals surface area contributed by atoms with Gasteiger partial charge >= 0.3 is 0 Å². The quantitative estimate of drug-likeness (QED) is 0.175. The van der Waals surface area contributed by atoms with E-state index in [4.69, 9.17) is 19.4 Å². The standard InChI is InChI=1S/C54H36N4O/c1-54(2)44-21-11-9-18-39(44)43-30-34(26-29-45(43)54)51-55-52(35-24-27-41-40-19-10-12-22-46(40)58(47(41)31-35)37-16-7-4-8-17-37)57-53(56-51)36-25-28-42-49(32-36)59-48-23-13-20-38(50(42)48)33-14-5-3-6-15-33/h3-32H,1-2H3. The van der Waals surface area contributed by atoms with Crippen LogP contribution in [0.1, 0.15) is 25.0 Å². The average molecular weight is 757 g/mol. The SMILES string of the molecule is CC1(C)c2ccccc2-c2cc(-c3nc(-c4ccc5c(c4)oc4cccc(-c6ccccc6)c45)nc(-c4ccc5c6ccccc6n(-c6ccccc6)c5c4)n3)ccc21. The molecule has 0 saturated heterocycles. The molecule has 0 radical (unpaired) electrons. The number of fused-ring (bicyclic) bond motifs is 9. The van der Waals surface area contributed by atoms with E-state index in [1.165, 1.54) is 33.0 Å². The molecule has 0 atom stereocenters. The summed E-state index contributed by atoms with van der Waals surface area (Å²) in [5, 5.41) is 4.52. The first-order valence-corrected chi connectivity index (χ1v) is 20.1. The van der Waals surface area contributed by atoms with E-state index in [0.29, 0.717) is 17.5 Å². The lowest BCUT2D eigenvalue weighted by atomic mass is 9.82. The van der Waals surface area contributed by atoms with Crippen molar-refractivity contribution in [1.82, 2.24) is 19.5 Å². The topological polar surface area (TPSA) is 56.7 Å². The molecule has 3 heterocycles. The molecule has 278 valence electrons. The van der Waals surface area contributed by atoms with Crippen LogP contribution in [0, 0.1) is 0 Å². The highest BCUT2D eigenvalue weighted by molar-refractivity contribution is 6.13. The van der Waals surface area contributed by atoms with Gasteiger partial charge in [-0.15, -0.1) is 0 Å². The molecule has 11 aromatic rings. The Morgan fingerprint density at radius 2 is 1.00 bits per heavy atom. The number of nitrogens with zero attached hydrogens (tertiary/aromatic N) is 4. The third-order valence-corrected chi connectivity index (χ3v) is 12.3. The van der Waals surface area contributed by atoms with Gasteiger partial charge < -0.3 is 8.98 Å². The van der Waals surface area contributed by atoms with Gasteiger partial charge in [-0.05, 0) is 81.9 Å². The predicted octanol–water partition coefficient (Wildman–Crippen LogP) is 13.8. The van der Waals surface area contributed by atoms with E-state index in [1.54, 1.807) is 0 Å². The third kappa shape index (κ3) is 5.14. The second-order valence-electron chi connectivity index (χ2n) is 16.0. The number of hydrogen-bond donors (Lipinski definition) is 0. The normalized spacial score (nSPS) is 13.1. The molecule has 0 bridgehead atoms. The average Bonchev–Trinajstić information content (AvgIpc) is 3.91. The van der Waals surface area contributed by atoms with Crippen LogP contribution in [0.5, 0.6) is 0 Å². The lowest BCUT2D eigenvalue weighted by Crippen LogP contribution is -2.14. The van der Waals surface area contributed by atoms with E-state index < -0.39 is 0 Å². The molecule has 8 aromatic carbocycles. The van der Waals surface area contributed by atoms with E-state index in [2.05, 4.69) is 188 Å². The Labute approximate surface area is 340 Å². The van der Waals surface area contributed by atoms with E-state index in [9.17, 15) is 0 Å². The number of benzene rings is 8. The fraction of sp³-hybridized carbons (Fsp3) is 0.0556. The molecule has 1 aliphatic rings. The summed E-state index contributed by atoms with van der Waals surface area (Å²) in [5.74, 6) is 1.81. The summed E-state index contributed by atoms with van der Waals surface area (Å²) < 4.78 is 8.90. The molecular weight excluding hydrogens is 721 g/mol. The largest absolute Gasteiger partial charge is 0.456 e. The molecule has 0 unspecified atom stereocenters. The minimum absolute atomic E-state index is 0.102. The molecule has 0 spiro atoms. The predicted molar refractivity (Wildman–Crippen MR) is 241 cm³/mol. The molecule has 3 aromatic heterocycles. The van der Waals surface area contributed by atoms with Crippen molar-refractivity contribution in [3.8, 4) is 62.1 Å². The Hall–Kier alpha value is -7.63. The summed E-state index contributed by atoms with van der Waals surface area (Å²) in [5.41, 5.74) is 15.0. The Bertz CT molecular complexity index is 3470. The maximum atomic E-state index is 6.57. The zero-order valence-electron chi connectivity index (χ0n) is 32.5. The zero-order valence-corrected chi connectivity index (χ0v) is 32.5. The molecule has 1 aliphatic carbocycles. The smallest absolute Gasteiger partial charge is 0.164 e. The first-order chi connectivity index (χ1) is 29.0. The first kappa shape index (κ1) is 33.5. The van der Waals surface area contributed by atoms with Crippen LogP contribution in [0.4, 0.5) is 0 Å². The van der Waals surface area contributed by atoms with Gasteiger partial charge in [0.2, 0.25) is 0 Å². The van der Waals surface area contributed by atoms with Crippen LogP contribution in [0.3, 0.4) is 0 Å². The summed E-state index contributed by atoms with van der Waals surface area (Å²) >= 11 is 0. The van der Waals surface area contributed by atoms with Crippen molar-refractivity contribution < 1.29 is 4.42 Å². The molecule has 59 heavy (non-hydrogen) atoms. The van der Waals surface area contributed by atoms with Crippen molar-refractivity contribution >= 4 is 43.7 Å². The van der Waals surface area contributed by atoms with Crippen LogP contribution in [0.2, 0.25) is 0 Å². The van der Waals surface area contributed by atoms with Gasteiger partial charge in [0.1, 0.15) is 11.2 Å².